The number of hydrogen-bond donors (Lipinski definition) is 1. The second-order valence-electron chi connectivity index (χ2n) is 4.73. The van der Waals surface area contributed by atoms with E-state index in [1.807, 2.05) is 6.92 Å². The minimum Gasteiger partial charge on any atom is -0.464 e. The summed E-state index contributed by atoms with van der Waals surface area (Å²) >= 11 is 0. The zero-order valence-corrected chi connectivity index (χ0v) is 11.9. The van der Waals surface area contributed by atoms with Crippen LogP contribution in [0.2, 0.25) is 0 Å². The smallest absolute Gasteiger partial charge is 0.130 e. The van der Waals surface area contributed by atoms with Gasteiger partial charge in [-0.2, -0.15) is 0 Å². The molecule has 104 valence electrons. The molecule has 0 unspecified atom stereocenters. The van der Waals surface area contributed by atoms with Gasteiger partial charge in [-0.3, -0.25) is 0 Å². The van der Waals surface area contributed by atoms with Crippen molar-refractivity contribution in [2.75, 3.05) is 20.3 Å². The monoisotopic (exact) mass is 255 g/mol. The Bertz CT molecular complexity index is 334. The quantitative estimate of drug-likeness (QED) is 0.689. The first-order chi connectivity index (χ1) is 8.63. The Labute approximate surface area is 110 Å². The molecule has 0 fully saturated rings. The van der Waals surface area contributed by atoms with Gasteiger partial charge in [0.15, 0.2) is 0 Å². The highest BCUT2D eigenvalue weighted by Gasteiger charge is 2.07. The maximum Gasteiger partial charge on any atom is 0.130 e. The lowest BCUT2D eigenvalue weighted by atomic mass is 10.2. The Morgan fingerprint density at radius 3 is 2.78 bits per heavy atom. The highest BCUT2D eigenvalue weighted by atomic mass is 16.5. The Kier molecular flexibility index (Phi) is 7.01. The Balaban J connectivity index is 2.31. The fourth-order valence-electron chi connectivity index (χ4n) is 1.63. The molecule has 1 rings (SSSR count). The standard InChI is InChI=1S/C14H25NO3/c1-11(2)15-9-13-8-14(18-12(13)3)10-17-7-5-6-16-4/h8,11,15H,5-7,9-10H2,1-4H3. The first-order valence-corrected chi connectivity index (χ1v) is 6.51. The maximum atomic E-state index is 5.66. The molecule has 0 bridgehead atoms. The van der Waals surface area contributed by atoms with Crippen LogP contribution in [0.15, 0.2) is 10.5 Å². The second kappa shape index (κ2) is 8.29. The van der Waals surface area contributed by atoms with E-state index in [-0.39, 0.29) is 0 Å². The lowest BCUT2D eigenvalue weighted by Crippen LogP contribution is -2.21. The maximum absolute atomic E-state index is 5.66. The molecular weight excluding hydrogens is 230 g/mol. The molecule has 0 aliphatic rings. The van der Waals surface area contributed by atoms with Gasteiger partial charge in [0.05, 0.1) is 0 Å². The van der Waals surface area contributed by atoms with Gasteiger partial charge in [0.1, 0.15) is 18.1 Å². The van der Waals surface area contributed by atoms with Gasteiger partial charge < -0.3 is 19.2 Å². The van der Waals surface area contributed by atoms with E-state index in [9.17, 15) is 0 Å². The lowest BCUT2D eigenvalue weighted by Gasteiger charge is -2.05. The zero-order chi connectivity index (χ0) is 13.4. The predicted octanol–water partition coefficient (Wildman–Crippen LogP) is 2.64. The summed E-state index contributed by atoms with van der Waals surface area (Å²) in [6.45, 7) is 9.08. The Hall–Kier alpha value is -0.840. The van der Waals surface area contributed by atoms with E-state index < -0.39 is 0 Å². The van der Waals surface area contributed by atoms with E-state index in [1.165, 1.54) is 5.56 Å². The van der Waals surface area contributed by atoms with Crippen molar-refractivity contribution < 1.29 is 13.9 Å². The molecule has 4 nitrogen and oxygen atoms in total. The summed E-state index contributed by atoms with van der Waals surface area (Å²) in [7, 11) is 1.70. The molecule has 0 aromatic carbocycles. The minimum absolute atomic E-state index is 0.480. The summed E-state index contributed by atoms with van der Waals surface area (Å²) in [5, 5.41) is 3.38. The topological polar surface area (TPSA) is 43.6 Å². The van der Waals surface area contributed by atoms with Crippen molar-refractivity contribution in [3.05, 3.63) is 23.2 Å². The van der Waals surface area contributed by atoms with Gasteiger partial charge >= 0.3 is 0 Å². The molecule has 1 aromatic rings. The molecule has 0 atom stereocenters. The first kappa shape index (κ1) is 15.2. The first-order valence-electron chi connectivity index (χ1n) is 6.51. The van der Waals surface area contributed by atoms with Crippen LogP contribution in [0.25, 0.3) is 0 Å². The molecule has 1 heterocycles. The SMILES string of the molecule is COCCCOCc1cc(CNC(C)C)c(C)o1. The van der Waals surface area contributed by atoms with E-state index in [0.717, 1.165) is 31.1 Å². The molecule has 18 heavy (non-hydrogen) atoms. The van der Waals surface area contributed by atoms with Crippen molar-refractivity contribution in [3.8, 4) is 0 Å². The number of furan rings is 1. The van der Waals surface area contributed by atoms with Crippen LogP contribution in [0.4, 0.5) is 0 Å². The van der Waals surface area contributed by atoms with Crippen LogP contribution in [0, 0.1) is 6.92 Å². The molecule has 0 radical (unpaired) electrons. The Morgan fingerprint density at radius 1 is 1.33 bits per heavy atom. The number of aryl methyl sites for hydroxylation is 1. The Morgan fingerprint density at radius 2 is 2.11 bits per heavy atom. The van der Waals surface area contributed by atoms with Crippen molar-refractivity contribution in [1.82, 2.24) is 5.32 Å². The van der Waals surface area contributed by atoms with Gasteiger partial charge in [-0.25, -0.2) is 0 Å². The number of rotatable bonds is 9. The van der Waals surface area contributed by atoms with Crippen LogP contribution in [0.1, 0.15) is 37.4 Å². The van der Waals surface area contributed by atoms with Crippen LogP contribution in [-0.4, -0.2) is 26.4 Å². The van der Waals surface area contributed by atoms with Gasteiger partial charge in [0, 0.05) is 38.5 Å². The highest BCUT2D eigenvalue weighted by molar-refractivity contribution is 5.20. The van der Waals surface area contributed by atoms with Gasteiger partial charge in [0.2, 0.25) is 0 Å². The molecular formula is C14H25NO3. The van der Waals surface area contributed by atoms with E-state index in [0.29, 0.717) is 19.3 Å². The van der Waals surface area contributed by atoms with E-state index in [1.54, 1.807) is 7.11 Å². The van der Waals surface area contributed by atoms with Crippen LogP contribution >= 0.6 is 0 Å². The van der Waals surface area contributed by atoms with Crippen LogP contribution in [0.5, 0.6) is 0 Å². The third kappa shape index (κ3) is 5.67. The van der Waals surface area contributed by atoms with E-state index >= 15 is 0 Å². The lowest BCUT2D eigenvalue weighted by molar-refractivity contribution is 0.0823. The summed E-state index contributed by atoms with van der Waals surface area (Å²) in [4.78, 5) is 0. The third-order valence-corrected chi connectivity index (χ3v) is 2.65. The summed E-state index contributed by atoms with van der Waals surface area (Å²) in [5.41, 5.74) is 1.21. The van der Waals surface area contributed by atoms with Crippen molar-refractivity contribution in [2.24, 2.45) is 0 Å². The van der Waals surface area contributed by atoms with Crippen molar-refractivity contribution in [1.29, 1.82) is 0 Å². The fraction of sp³-hybridized carbons (Fsp3) is 0.714. The minimum atomic E-state index is 0.480. The molecule has 0 aliphatic carbocycles. The summed E-state index contributed by atoms with van der Waals surface area (Å²) in [6, 6.07) is 2.55. The fourth-order valence-corrected chi connectivity index (χ4v) is 1.63. The molecule has 0 aliphatic heterocycles. The second-order valence-corrected chi connectivity index (χ2v) is 4.73. The van der Waals surface area contributed by atoms with Crippen LogP contribution in [-0.2, 0) is 22.6 Å². The van der Waals surface area contributed by atoms with Gasteiger partial charge in [-0.05, 0) is 19.4 Å². The molecule has 0 saturated heterocycles. The van der Waals surface area contributed by atoms with Crippen LogP contribution in [0.3, 0.4) is 0 Å². The molecule has 1 aromatic heterocycles. The number of ether oxygens (including phenoxy) is 2. The zero-order valence-electron chi connectivity index (χ0n) is 11.9. The van der Waals surface area contributed by atoms with E-state index in [2.05, 4.69) is 25.2 Å². The average molecular weight is 255 g/mol. The number of hydrogen-bond acceptors (Lipinski definition) is 4. The molecule has 1 N–H and O–H groups in total. The highest BCUT2D eigenvalue weighted by Crippen LogP contribution is 2.15. The molecule has 0 spiro atoms. The van der Waals surface area contributed by atoms with Crippen molar-refractivity contribution >= 4 is 0 Å². The predicted molar refractivity (Wildman–Crippen MR) is 71.6 cm³/mol. The van der Waals surface area contributed by atoms with Crippen LogP contribution < -0.4 is 5.32 Å². The number of nitrogens with one attached hydrogen (secondary N) is 1. The summed E-state index contributed by atoms with van der Waals surface area (Å²) in [6.07, 6.45) is 0.915. The van der Waals surface area contributed by atoms with Crippen molar-refractivity contribution in [3.63, 3.8) is 0 Å². The van der Waals surface area contributed by atoms with Gasteiger partial charge in [0.25, 0.3) is 0 Å². The number of methoxy groups -OCH3 is 1. The third-order valence-electron chi connectivity index (χ3n) is 2.65. The van der Waals surface area contributed by atoms with E-state index in [4.69, 9.17) is 13.9 Å². The average Bonchev–Trinajstić information content (AvgIpc) is 2.67. The molecule has 0 saturated carbocycles. The van der Waals surface area contributed by atoms with Crippen molar-refractivity contribution in [2.45, 2.75) is 46.4 Å². The molecule has 0 amide bonds. The normalized spacial score (nSPS) is 11.4. The van der Waals surface area contributed by atoms with Gasteiger partial charge in [-0.1, -0.05) is 13.8 Å². The largest absolute Gasteiger partial charge is 0.464 e. The van der Waals surface area contributed by atoms with Gasteiger partial charge in [-0.15, -0.1) is 0 Å². The molecule has 4 heteroatoms. The summed E-state index contributed by atoms with van der Waals surface area (Å²) < 4.78 is 16.1. The summed E-state index contributed by atoms with van der Waals surface area (Å²) in [5.74, 6) is 1.86.